The standard InChI is InChI=1S/C45H73NO16/c1-13-34(49)59-32-18-16-14-15-17-27(5)55-36(51)23-33(58-30(8)48)42(54-12)41(31(19-20-47)22-26(32)4)62-44-39(52)38(46(10)11)40(28(6)57-44)61-37-24-45(9,53)43(29(7)56-37)60-35(50)21-25(2)3/h14-16,18,20,25-29,31-33,37-44,52-53H,13,17,19,21-24H2,1-12H3/b15-14-,18-16-. The van der Waals surface area contributed by atoms with Crippen molar-refractivity contribution in [3.8, 4) is 0 Å². The van der Waals surface area contributed by atoms with Gasteiger partial charge in [0.1, 0.15) is 48.5 Å². The quantitative estimate of drug-likeness (QED) is 0.144. The predicted molar refractivity (Wildman–Crippen MR) is 224 cm³/mol. The van der Waals surface area contributed by atoms with Gasteiger partial charge in [0, 0.05) is 46.1 Å². The highest BCUT2D eigenvalue weighted by molar-refractivity contribution is 5.72. The van der Waals surface area contributed by atoms with Crippen LogP contribution in [-0.4, -0.2) is 152 Å². The number of aliphatic hydroxyl groups is 2. The molecule has 17 nitrogen and oxygen atoms in total. The summed E-state index contributed by atoms with van der Waals surface area (Å²) in [5, 5.41) is 23.7. The number of likely N-dealkylation sites (N-methyl/N-ethyl adjacent to an activating group) is 1. The molecule has 62 heavy (non-hydrogen) atoms. The number of carbonyl (C=O) groups excluding carboxylic acids is 5. The molecule has 0 aromatic heterocycles. The summed E-state index contributed by atoms with van der Waals surface area (Å²) in [6.07, 6.45) is -3.95. The topological polar surface area (TPSA) is 212 Å². The Morgan fingerprint density at radius 2 is 1.68 bits per heavy atom. The average Bonchev–Trinajstić information content (AvgIpc) is 3.15. The number of aldehydes is 1. The lowest BCUT2D eigenvalue weighted by molar-refractivity contribution is -0.344. The minimum atomic E-state index is -1.51. The normalized spacial score (nSPS) is 38.7. The number of rotatable bonds is 14. The Morgan fingerprint density at radius 3 is 2.26 bits per heavy atom. The molecule has 0 radical (unpaired) electrons. The van der Waals surface area contributed by atoms with E-state index in [0.29, 0.717) is 12.7 Å². The Kier molecular flexibility index (Phi) is 21.1. The summed E-state index contributed by atoms with van der Waals surface area (Å²) in [6.45, 7) is 15.2. The van der Waals surface area contributed by atoms with E-state index in [1.54, 1.807) is 71.8 Å². The second-order valence-electron chi connectivity index (χ2n) is 17.8. The lowest BCUT2D eigenvalue weighted by Crippen LogP contribution is -2.66. The highest BCUT2D eigenvalue weighted by Crippen LogP contribution is 2.38. The Hall–Kier alpha value is -3.29. The van der Waals surface area contributed by atoms with Gasteiger partial charge in [0.25, 0.3) is 0 Å². The average molecular weight is 884 g/mol. The first-order valence-corrected chi connectivity index (χ1v) is 21.9. The van der Waals surface area contributed by atoms with Gasteiger partial charge in [0.05, 0.1) is 30.8 Å². The van der Waals surface area contributed by atoms with Crippen LogP contribution < -0.4 is 0 Å². The van der Waals surface area contributed by atoms with Gasteiger partial charge in [-0.05, 0) is 72.0 Å². The van der Waals surface area contributed by atoms with E-state index in [1.807, 2.05) is 26.8 Å². The molecule has 2 N–H and O–H groups in total. The van der Waals surface area contributed by atoms with E-state index in [1.165, 1.54) is 14.0 Å². The Balaban J connectivity index is 2.03. The van der Waals surface area contributed by atoms with Gasteiger partial charge in [-0.15, -0.1) is 0 Å². The summed E-state index contributed by atoms with van der Waals surface area (Å²) in [6, 6.07) is -0.804. The molecule has 0 spiro atoms. The van der Waals surface area contributed by atoms with Crippen LogP contribution in [0.3, 0.4) is 0 Å². The molecule has 16 unspecified atom stereocenters. The second kappa shape index (κ2) is 24.7. The minimum absolute atomic E-state index is 0.0572. The SMILES string of the molecule is CCC(=O)OC1/C=C\C=C/CC(C)OC(=O)CC(OC(C)=O)C(OC)C(OC2OC(C)C(OC3CC(C)(O)C(OC(=O)CC(C)C)C(C)O3)C(N(C)C)C2O)C(CC=O)CC1C. The van der Waals surface area contributed by atoms with Crippen molar-refractivity contribution in [3.63, 3.8) is 0 Å². The van der Waals surface area contributed by atoms with E-state index in [0.717, 1.165) is 0 Å². The molecule has 3 rings (SSSR count). The Morgan fingerprint density at radius 1 is 0.984 bits per heavy atom. The lowest BCUT2D eigenvalue weighted by Gasteiger charge is -2.50. The van der Waals surface area contributed by atoms with Crippen molar-refractivity contribution in [2.24, 2.45) is 17.8 Å². The van der Waals surface area contributed by atoms with Crippen LogP contribution in [0, 0.1) is 17.8 Å². The fourth-order valence-electron chi connectivity index (χ4n) is 8.46. The van der Waals surface area contributed by atoms with Crippen LogP contribution in [0.4, 0.5) is 0 Å². The number of allylic oxidation sites excluding steroid dienone is 2. The molecular weight excluding hydrogens is 810 g/mol. The largest absolute Gasteiger partial charge is 0.462 e. The number of nitrogens with zero attached hydrogens (tertiary/aromatic N) is 1. The smallest absolute Gasteiger partial charge is 0.309 e. The molecular formula is C45H73NO16. The molecule has 2 fully saturated rings. The van der Waals surface area contributed by atoms with Gasteiger partial charge in [-0.1, -0.05) is 45.9 Å². The third kappa shape index (κ3) is 15.5. The maximum atomic E-state index is 13.4. The van der Waals surface area contributed by atoms with Crippen molar-refractivity contribution in [1.82, 2.24) is 4.90 Å². The fourth-order valence-corrected chi connectivity index (χ4v) is 8.46. The summed E-state index contributed by atoms with van der Waals surface area (Å²) in [4.78, 5) is 65.3. The van der Waals surface area contributed by atoms with E-state index < -0.39 is 127 Å². The van der Waals surface area contributed by atoms with Crippen molar-refractivity contribution in [3.05, 3.63) is 24.3 Å². The van der Waals surface area contributed by atoms with Gasteiger partial charge in [-0.3, -0.25) is 19.2 Å². The number of hydrogen-bond donors (Lipinski definition) is 2. The summed E-state index contributed by atoms with van der Waals surface area (Å²) in [7, 11) is 4.85. The number of esters is 4. The summed E-state index contributed by atoms with van der Waals surface area (Å²) in [5.74, 6) is -3.31. The van der Waals surface area contributed by atoms with E-state index >= 15 is 0 Å². The van der Waals surface area contributed by atoms with Crippen molar-refractivity contribution in [2.45, 2.75) is 193 Å². The highest BCUT2D eigenvalue weighted by atomic mass is 16.7. The zero-order valence-electron chi connectivity index (χ0n) is 38.6. The second-order valence-corrected chi connectivity index (χ2v) is 17.8. The van der Waals surface area contributed by atoms with Crippen molar-refractivity contribution < 1.29 is 76.8 Å². The monoisotopic (exact) mass is 883 g/mol. The minimum Gasteiger partial charge on any atom is -0.462 e. The Labute approximate surface area is 367 Å². The first kappa shape index (κ1) is 53.1. The molecule has 3 aliphatic heterocycles. The van der Waals surface area contributed by atoms with Crippen molar-refractivity contribution in [1.29, 1.82) is 0 Å². The third-order valence-electron chi connectivity index (χ3n) is 11.4. The molecule has 2 saturated heterocycles. The zero-order valence-corrected chi connectivity index (χ0v) is 38.6. The van der Waals surface area contributed by atoms with Crippen LogP contribution in [0.2, 0.25) is 0 Å². The number of cyclic esters (lactones) is 1. The number of aliphatic hydroxyl groups excluding tert-OH is 1. The molecule has 0 aromatic rings. The van der Waals surface area contributed by atoms with Gasteiger partial charge in [-0.25, -0.2) is 0 Å². The molecule has 0 aliphatic carbocycles. The maximum absolute atomic E-state index is 13.4. The lowest BCUT2D eigenvalue weighted by atomic mass is 9.82. The van der Waals surface area contributed by atoms with E-state index in [4.69, 9.17) is 42.6 Å². The summed E-state index contributed by atoms with van der Waals surface area (Å²) in [5.41, 5.74) is -1.51. The zero-order chi connectivity index (χ0) is 46.5. The van der Waals surface area contributed by atoms with Crippen molar-refractivity contribution >= 4 is 30.2 Å². The number of methoxy groups -OCH3 is 1. The van der Waals surface area contributed by atoms with Gasteiger partial charge >= 0.3 is 23.9 Å². The summed E-state index contributed by atoms with van der Waals surface area (Å²) < 4.78 is 54.7. The van der Waals surface area contributed by atoms with E-state index in [9.17, 15) is 34.2 Å². The van der Waals surface area contributed by atoms with Crippen LogP contribution in [0.5, 0.6) is 0 Å². The number of ether oxygens (including phenoxy) is 9. The third-order valence-corrected chi connectivity index (χ3v) is 11.4. The van der Waals surface area contributed by atoms with Crippen molar-refractivity contribution in [2.75, 3.05) is 21.2 Å². The molecule has 0 saturated carbocycles. The fraction of sp³-hybridized carbons (Fsp3) is 0.800. The van der Waals surface area contributed by atoms with Gasteiger partial charge in [0.15, 0.2) is 18.7 Å². The Bertz CT molecular complexity index is 1520. The van der Waals surface area contributed by atoms with Crippen LogP contribution in [0.15, 0.2) is 24.3 Å². The van der Waals surface area contributed by atoms with Gasteiger partial charge in [0.2, 0.25) is 0 Å². The molecule has 16 atom stereocenters. The van der Waals surface area contributed by atoms with Crippen LogP contribution in [0.1, 0.15) is 107 Å². The van der Waals surface area contributed by atoms with Gasteiger partial charge < -0.3 is 62.5 Å². The number of carbonyl (C=O) groups is 5. The van der Waals surface area contributed by atoms with E-state index in [-0.39, 0.29) is 38.0 Å². The number of hydrogen-bond acceptors (Lipinski definition) is 17. The van der Waals surface area contributed by atoms with Gasteiger partial charge in [-0.2, -0.15) is 0 Å². The molecule has 3 heterocycles. The highest BCUT2D eigenvalue weighted by Gasteiger charge is 2.53. The first-order chi connectivity index (χ1) is 29.1. The predicted octanol–water partition coefficient (Wildman–Crippen LogP) is 3.97. The molecule has 3 aliphatic rings. The maximum Gasteiger partial charge on any atom is 0.309 e. The van der Waals surface area contributed by atoms with Crippen LogP contribution in [-0.2, 0) is 66.6 Å². The molecule has 0 amide bonds. The molecule has 354 valence electrons. The van der Waals surface area contributed by atoms with E-state index in [2.05, 4.69) is 0 Å². The van der Waals surface area contributed by atoms with Crippen LogP contribution >= 0.6 is 0 Å². The summed E-state index contributed by atoms with van der Waals surface area (Å²) >= 11 is 0. The molecule has 0 aromatic carbocycles. The molecule has 0 bridgehead atoms. The molecule has 17 heteroatoms. The van der Waals surface area contributed by atoms with Crippen LogP contribution in [0.25, 0.3) is 0 Å². The first-order valence-electron chi connectivity index (χ1n) is 21.9.